The Bertz CT molecular complexity index is 593. The molecule has 1 atom stereocenters. The largest absolute Gasteiger partial charge is 0.310 e. The number of benzene rings is 2. The molecule has 0 aliphatic carbocycles. The number of hydrogen-bond acceptors (Lipinski definition) is 2. The molecule has 2 heteroatoms. The van der Waals surface area contributed by atoms with Crippen LogP contribution >= 0.6 is 11.8 Å². The second kappa shape index (κ2) is 8.56. The summed E-state index contributed by atoms with van der Waals surface area (Å²) in [5.41, 5.74) is 2.41. The molecule has 0 saturated carbocycles. The summed E-state index contributed by atoms with van der Waals surface area (Å²) < 4.78 is 0. The average Bonchev–Trinajstić information content (AvgIpc) is 2.53. The molecule has 0 aromatic heterocycles. The number of rotatable bonds is 5. The summed E-state index contributed by atoms with van der Waals surface area (Å²) in [6, 6.07) is 19.3. The smallest absolute Gasteiger partial charge is 0.0598 e. The Hall–Kier alpha value is -1.69. The van der Waals surface area contributed by atoms with Gasteiger partial charge in [-0.1, -0.05) is 49.1 Å². The molecule has 1 nitrogen and oxygen atoms in total. The summed E-state index contributed by atoms with van der Waals surface area (Å²) in [6.07, 6.45) is 0. The molecule has 0 heterocycles. The number of thioether (sulfide) groups is 1. The molecule has 2 aromatic carbocycles. The molecule has 0 saturated heterocycles. The highest BCUT2D eigenvalue weighted by Gasteiger charge is 2.02. The van der Waals surface area contributed by atoms with Gasteiger partial charge in [0.05, 0.1) is 5.75 Å². The fraction of sp³-hybridized carbons (Fsp3) is 0.263. The normalized spacial score (nSPS) is 11.5. The van der Waals surface area contributed by atoms with E-state index in [4.69, 9.17) is 0 Å². The third kappa shape index (κ3) is 5.30. The molecule has 0 aliphatic rings. The van der Waals surface area contributed by atoms with Crippen molar-refractivity contribution >= 4 is 11.8 Å². The lowest BCUT2D eigenvalue weighted by Crippen LogP contribution is -2.17. The van der Waals surface area contributed by atoms with Gasteiger partial charge in [-0.15, -0.1) is 11.8 Å². The van der Waals surface area contributed by atoms with Crippen molar-refractivity contribution in [1.29, 1.82) is 0 Å². The zero-order valence-corrected chi connectivity index (χ0v) is 13.4. The molecule has 2 rings (SSSR count). The Labute approximate surface area is 132 Å². The molecule has 0 amide bonds. The minimum absolute atomic E-state index is 0.409. The first-order valence-electron chi connectivity index (χ1n) is 7.29. The molecule has 2 aromatic rings. The molecular weight excluding hydrogens is 274 g/mol. The standard InChI is InChI=1S/C19H21NS/c1-3-20-16(2)18-11-13-19(14-12-18)21-15-7-10-17-8-5-4-6-9-17/h4-6,8-9,11-14,16,20H,3,15H2,1-2H3. The van der Waals surface area contributed by atoms with Crippen molar-refractivity contribution in [3.63, 3.8) is 0 Å². The van der Waals surface area contributed by atoms with E-state index in [1.54, 1.807) is 11.8 Å². The van der Waals surface area contributed by atoms with Crippen molar-refractivity contribution in [3.8, 4) is 11.8 Å². The maximum absolute atomic E-state index is 3.42. The van der Waals surface area contributed by atoms with Crippen LogP contribution in [0.3, 0.4) is 0 Å². The summed E-state index contributed by atoms with van der Waals surface area (Å²) in [4.78, 5) is 1.27. The van der Waals surface area contributed by atoms with Crippen LogP contribution in [0.15, 0.2) is 59.5 Å². The fourth-order valence-electron chi connectivity index (χ4n) is 2.06. The van der Waals surface area contributed by atoms with Crippen LogP contribution < -0.4 is 5.32 Å². The van der Waals surface area contributed by atoms with Crippen molar-refractivity contribution in [2.75, 3.05) is 12.3 Å². The summed E-state index contributed by atoms with van der Waals surface area (Å²) >= 11 is 1.78. The lowest BCUT2D eigenvalue weighted by Gasteiger charge is -2.12. The Kier molecular flexibility index (Phi) is 6.40. The van der Waals surface area contributed by atoms with Gasteiger partial charge >= 0.3 is 0 Å². The van der Waals surface area contributed by atoms with Crippen molar-refractivity contribution in [2.45, 2.75) is 24.8 Å². The van der Waals surface area contributed by atoms with Crippen LogP contribution in [0, 0.1) is 11.8 Å². The third-order valence-corrected chi connectivity index (χ3v) is 4.10. The Morgan fingerprint density at radius 2 is 1.76 bits per heavy atom. The van der Waals surface area contributed by atoms with Gasteiger partial charge in [-0.25, -0.2) is 0 Å². The summed E-state index contributed by atoms with van der Waals surface area (Å²) in [7, 11) is 0. The average molecular weight is 295 g/mol. The Morgan fingerprint density at radius 3 is 2.43 bits per heavy atom. The van der Waals surface area contributed by atoms with E-state index in [1.165, 1.54) is 10.5 Å². The van der Waals surface area contributed by atoms with E-state index in [0.717, 1.165) is 17.9 Å². The highest BCUT2D eigenvalue weighted by Crippen LogP contribution is 2.20. The van der Waals surface area contributed by atoms with E-state index in [1.807, 2.05) is 30.3 Å². The van der Waals surface area contributed by atoms with Gasteiger partial charge in [0.2, 0.25) is 0 Å². The molecule has 1 unspecified atom stereocenters. The molecule has 1 N–H and O–H groups in total. The van der Waals surface area contributed by atoms with Crippen molar-refractivity contribution in [3.05, 3.63) is 65.7 Å². The molecule has 0 bridgehead atoms. The van der Waals surface area contributed by atoms with E-state index in [2.05, 4.69) is 55.3 Å². The zero-order chi connectivity index (χ0) is 14.9. The number of hydrogen-bond donors (Lipinski definition) is 1. The topological polar surface area (TPSA) is 12.0 Å². The monoisotopic (exact) mass is 295 g/mol. The van der Waals surface area contributed by atoms with Crippen molar-refractivity contribution < 1.29 is 0 Å². The quantitative estimate of drug-likeness (QED) is 0.644. The van der Waals surface area contributed by atoms with E-state index in [0.29, 0.717) is 6.04 Å². The van der Waals surface area contributed by atoms with E-state index >= 15 is 0 Å². The van der Waals surface area contributed by atoms with Gasteiger partial charge in [0, 0.05) is 16.5 Å². The van der Waals surface area contributed by atoms with Gasteiger partial charge in [-0.3, -0.25) is 0 Å². The third-order valence-electron chi connectivity index (χ3n) is 3.21. The van der Waals surface area contributed by atoms with Crippen LogP contribution in [0.1, 0.15) is 31.0 Å². The molecule has 21 heavy (non-hydrogen) atoms. The maximum Gasteiger partial charge on any atom is 0.0598 e. The Balaban J connectivity index is 1.85. The van der Waals surface area contributed by atoms with E-state index in [9.17, 15) is 0 Å². The van der Waals surface area contributed by atoms with Crippen molar-refractivity contribution in [1.82, 2.24) is 5.32 Å². The second-order valence-corrected chi connectivity index (χ2v) is 5.85. The second-order valence-electron chi connectivity index (χ2n) is 4.80. The highest BCUT2D eigenvalue weighted by atomic mass is 32.2. The van der Waals surface area contributed by atoms with Gasteiger partial charge in [-0.05, 0) is 43.3 Å². The first-order valence-corrected chi connectivity index (χ1v) is 8.28. The molecule has 0 spiro atoms. The predicted molar refractivity (Wildman–Crippen MR) is 92.6 cm³/mol. The Morgan fingerprint density at radius 1 is 1.05 bits per heavy atom. The predicted octanol–water partition coefficient (Wildman–Crippen LogP) is 4.50. The van der Waals surface area contributed by atoms with Crippen LogP contribution in [0.2, 0.25) is 0 Å². The van der Waals surface area contributed by atoms with Crippen LogP contribution in [0.25, 0.3) is 0 Å². The van der Waals surface area contributed by atoms with Gasteiger partial charge in [0.1, 0.15) is 0 Å². The fourth-order valence-corrected chi connectivity index (χ4v) is 2.70. The molecular formula is C19H21NS. The summed E-state index contributed by atoms with van der Waals surface area (Å²) in [5, 5.41) is 3.42. The van der Waals surface area contributed by atoms with Crippen LogP contribution in [-0.2, 0) is 0 Å². The molecule has 0 radical (unpaired) electrons. The van der Waals surface area contributed by atoms with Crippen LogP contribution in [0.4, 0.5) is 0 Å². The zero-order valence-electron chi connectivity index (χ0n) is 12.6. The first-order chi connectivity index (χ1) is 10.3. The van der Waals surface area contributed by atoms with Crippen LogP contribution in [-0.4, -0.2) is 12.3 Å². The summed E-state index contributed by atoms with van der Waals surface area (Å²) in [5.74, 6) is 7.21. The van der Waals surface area contributed by atoms with Crippen molar-refractivity contribution in [2.24, 2.45) is 0 Å². The number of nitrogens with one attached hydrogen (secondary N) is 1. The van der Waals surface area contributed by atoms with E-state index < -0.39 is 0 Å². The SMILES string of the molecule is CCNC(C)c1ccc(SCC#Cc2ccccc2)cc1. The minimum Gasteiger partial charge on any atom is -0.310 e. The van der Waals surface area contributed by atoms with Gasteiger partial charge in [-0.2, -0.15) is 0 Å². The van der Waals surface area contributed by atoms with Gasteiger partial charge in [0.15, 0.2) is 0 Å². The lowest BCUT2D eigenvalue weighted by atomic mass is 10.1. The van der Waals surface area contributed by atoms with E-state index in [-0.39, 0.29) is 0 Å². The van der Waals surface area contributed by atoms with Gasteiger partial charge < -0.3 is 5.32 Å². The molecule has 0 aliphatic heterocycles. The molecule has 108 valence electrons. The highest BCUT2D eigenvalue weighted by molar-refractivity contribution is 7.99. The lowest BCUT2D eigenvalue weighted by molar-refractivity contribution is 0.598. The first kappa shape index (κ1) is 15.7. The molecule has 0 fully saturated rings. The van der Waals surface area contributed by atoms with Gasteiger partial charge in [0.25, 0.3) is 0 Å². The minimum atomic E-state index is 0.409. The van der Waals surface area contributed by atoms with Crippen LogP contribution in [0.5, 0.6) is 0 Å². The maximum atomic E-state index is 3.42. The summed E-state index contributed by atoms with van der Waals surface area (Å²) in [6.45, 7) is 5.32.